The zero-order valence-corrected chi connectivity index (χ0v) is 24.1. The Morgan fingerprint density at radius 2 is 1.55 bits per heavy atom. The maximum Gasteiger partial charge on any atom is 0.312 e. The summed E-state index contributed by atoms with van der Waals surface area (Å²) in [5, 5.41) is 0. The molecule has 5 rings (SSSR count). The van der Waals surface area contributed by atoms with Crippen molar-refractivity contribution in [2.75, 3.05) is 0 Å². The number of benzene rings is 2. The van der Waals surface area contributed by atoms with Gasteiger partial charge in [-0.15, -0.1) is 0 Å². The van der Waals surface area contributed by atoms with E-state index in [-0.39, 0.29) is 24.4 Å². The van der Waals surface area contributed by atoms with Gasteiger partial charge < -0.3 is 18.9 Å². The van der Waals surface area contributed by atoms with Crippen molar-refractivity contribution in [3.8, 4) is 0 Å². The standard InChI is InChI=1S/C34H40O6/c1-6-28-23(2)14-13-19-29(37-21-26-15-9-7-10-16-26)24(3)20-34(5)32(35)31(40-34)30(25(4)33(36)39-28)38-22-27-17-11-8-12-18-27/h7-12,15-19,24-25,28-31H,6,20-22H2,1-5H3/t24-,25-,28-,29-,30-,31?,34+/m1/s1. The first-order valence-electron chi connectivity index (χ1n) is 14.1. The third kappa shape index (κ3) is 7.09. The first-order valence-corrected chi connectivity index (χ1v) is 14.1. The Kier molecular flexibility index (Phi) is 9.97. The molecule has 1 fully saturated rings. The van der Waals surface area contributed by atoms with Crippen LogP contribution in [0.3, 0.4) is 0 Å². The molecule has 6 heteroatoms. The van der Waals surface area contributed by atoms with Gasteiger partial charge in [0.25, 0.3) is 0 Å². The van der Waals surface area contributed by atoms with Crippen LogP contribution in [0.1, 0.15) is 58.6 Å². The van der Waals surface area contributed by atoms with Crippen LogP contribution in [0.4, 0.5) is 0 Å². The molecular formula is C34H40O6. The Morgan fingerprint density at radius 3 is 2.12 bits per heavy atom. The van der Waals surface area contributed by atoms with Crippen molar-refractivity contribution >= 4 is 11.8 Å². The van der Waals surface area contributed by atoms with Crippen LogP contribution in [-0.4, -0.2) is 41.8 Å². The van der Waals surface area contributed by atoms with Crippen molar-refractivity contribution in [1.82, 2.24) is 0 Å². The van der Waals surface area contributed by atoms with E-state index in [2.05, 4.69) is 11.5 Å². The molecule has 7 atom stereocenters. The van der Waals surface area contributed by atoms with Gasteiger partial charge in [-0.05, 0) is 56.7 Å². The van der Waals surface area contributed by atoms with Crippen LogP contribution in [0.25, 0.3) is 0 Å². The van der Waals surface area contributed by atoms with Crippen LogP contribution in [-0.2, 0) is 41.8 Å². The lowest BCUT2D eigenvalue weighted by Crippen LogP contribution is -2.66. The molecule has 3 heterocycles. The van der Waals surface area contributed by atoms with Crippen molar-refractivity contribution < 1.29 is 28.5 Å². The van der Waals surface area contributed by atoms with Crippen molar-refractivity contribution in [2.24, 2.45) is 11.8 Å². The third-order valence-electron chi connectivity index (χ3n) is 7.80. The van der Waals surface area contributed by atoms with Gasteiger partial charge in [0.2, 0.25) is 0 Å². The van der Waals surface area contributed by atoms with Crippen LogP contribution < -0.4 is 0 Å². The van der Waals surface area contributed by atoms with Gasteiger partial charge in [0.05, 0.1) is 25.2 Å². The summed E-state index contributed by atoms with van der Waals surface area (Å²) >= 11 is 0. The van der Waals surface area contributed by atoms with Crippen molar-refractivity contribution in [3.63, 3.8) is 0 Å². The van der Waals surface area contributed by atoms with E-state index in [1.54, 1.807) is 6.92 Å². The van der Waals surface area contributed by atoms with Gasteiger partial charge in [-0.25, -0.2) is 0 Å². The van der Waals surface area contributed by atoms with Crippen molar-refractivity contribution in [2.45, 2.75) is 90.7 Å². The molecular weight excluding hydrogens is 504 g/mol. The summed E-state index contributed by atoms with van der Waals surface area (Å²) in [6, 6.07) is 19.6. The molecule has 1 saturated heterocycles. The average Bonchev–Trinajstić information content (AvgIpc) is 2.97. The molecule has 3 aliphatic rings. The fourth-order valence-corrected chi connectivity index (χ4v) is 5.31. The Bertz CT molecular complexity index is 1260. The van der Waals surface area contributed by atoms with Gasteiger partial charge in [-0.3, -0.25) is 9.59 Å². The lowest BCUT2D eigenvalue weighted by Gasteiger charge is -2.48. The molecule has 0 radical (unpaired) electrons. The highest BCUT2D eigenvalue weighted by molar-refractivity contribution is 5.96. The highest BCUT2D eigenvalue weighted by Gasteiger charge is 2.57. The maximum absolute atomic E-state index is 13.7. The van der Waals surface area contributed by atoms with Crippen LogP contribution >= 0.6 is 0 Å². The predicted molar refractivity (Wildman–Crippen MR) is 152 cm³/mol. The largest absolute Gasteiger partial charge is 0.457 e. The summed E-state index contributed by atoms with van der Waals surface area (Å²) in [5.74, 6) is -1.28. The first kappa shape index (κ1) is 29.7. The topological polar surface area (TPSA) is 71.1 Å². The van der Waals surface area contributed by atoms with Gasteiger partial charge in [-0.1, -0.05) is 86.0 Å². The molecule has 2 aromatic rings. The number of ether oxygens (including phenoxy) is 4. The van der Waals surface area contributed by atoms with E-state index in [1.807, 2.05) is 94.4 Å². The number of carbonyl (C=O) groups excluding carboxylic acids is 2. The summed E-state index contributed by atoms with van der Waals surface area (Å²) in [4.78, 5) is 27.0. The summed E-state index contributed by atoms with van der Waals surface area (Å²) in [7, 11) is 0. The molecule has 0 saturated carbocycles. The van der Waals surface area contributed by atoms with Gasteiger partial charge in [0.1, 0.15) is 23.9 Å². The van der Waals surface area contributed by atoms with E-state index < -0.39 is 35.8 Å². The molecule has 40 heavy (non-hydrogen) atoms. The molecule has 2 aromatic carbocycles. The van der Waals surface area contributed by atoms with Gasteiger partial charge >= 0.3 is 5.97 Å². The fourth-order valence-electron chi connectivity index (χ4n) is 5.31. The van der Waals surface area contributed by atoms with Crippen LogP contribution in [0.15, 0.2) is 83.8 Å². The predicted octanol–water partition coefficient (Wildman–Crippen LogP) is 6.14. The van der Waals surface area contributed by atoms with Crippen LogP contribution in [0.2, 0.25) is 0 Å². The summed E-state index contributed by atoms with van der Waals surface area (Å²) in [6.07, 6.45) is 0.422. The average molecular weight is 545 g/mol. The van der Waals surface area contributed by atoms with E-state index in [1.165, 1.54) is 0 Å². The summed E-state index contributed by atoms with van der Waals surface area (Å²) in [5.41, 5.74) is 8.05. The highest BCUT2D eigenvalue weighted by atomic mass is 16.6. The minimum Gasteiger partial charge on any atom is -0.457 e. The number of rotatable bonds is 7. The Hall–Kier alpha value is -3.24. The number of fused-ring (bicyclic) bond motifs is 8. The molecule has 2 bridgehead atoms. The minimum atomic E-state index is -1.01. The molecule has 1 unspecified atom stereocenters. The number of carbonyl (C=O) groups is 2. The van der Waals surface area contributed by atoms with E-state index >= 15 is 0 Å². The monoisotopic (exact) mass is 544 g/mol. The number of hydrogen-bond donors (Lipinski definition) is 0. The molecule has 6 nitrogen and oxygen atoms in total. The molecule has 0 aliphatic carbocycles. The second kappa shape index (κ2) is 13.4. The second-order valence-electron chi connectivity index (χ2n) is 11.1. The van der Waals surface area contributed by atoms with Crippen LogP contribution in [0, 0.1) is 11.8 Å². The molecule has 0 spiro atoms. The Balaban J connectivity index is 1.63. The highest BCUT2D eigenvalue weighted by Crippen LogP contribution is 2.40. The van der Waals surface area contributed by atoms with Gasteiger partial charge in [0, 0.05) is 5.57 Å². The van der Waals surface area contributed by atoms with Gasteiger partial charge in [-0.2, -0.15) is 0 Å². The first-order chi connectivity index (χ1) is 19.2. The number of hydrogen-bond acceptors (Lipinski definition) is 6. The molecule has 3 aliphatic heterocycles. The van der Waals surface area contributed by atoms with E-state index in [9.17, 15) is 9.59 Å². The van der Waals surface area contributed by atoms with E-state index in [4.69, 9.17) is 18.9 Å². The quantitative estimate of drug-likeness (QED) is 0.308. The lowest BCUT2D eigenvalue weighted by molar-refractivity contribution is -0.232. The number of Topliss-reactive ketones (excluding diaryl/α,β-unsaturated/α-hetero) is 1. The van der Waals surface area contributed by atoms with Gasteiger partial charge in [0.15, 0.2) is 5.78 Å². The van der Waals surface area contributed by atoms with E-state index in [0.717, 1.165) is 16.7 Å². The van der Waals surface area contributed by atoms with Crippen LogP contribution in [0.5, 0.6) is 0 Å². The van der Waals surface area contributed by atoms with Crippen molar-refractivity contribution in [1.29, 1.82) is 0 Å². The normalized spacial score (nSPS) is 31.0. The molecule has 212 valence electrons. The fraction of sp³-hybridized carbons (Fsp3) is 0.471. The second-order valence-corrected chi connectivity index (χ2v) is 11.1. The Labute approximate surface area is 237 Å². The minimum absolute atomic E-state index is 0.0562. The molecule has 0 aromatic heterocycles. The molecule has 0 N–H and O–H groups in total. The number of esters is 1. The zero-order valence-electron chi connectivity index (χ0n) is 24.1. The number of ketones is 1. The third-order valence-corrected chi connectivity index (χ3v) is 7.80. The summed E-state index contributed by atoms with van der Waals surface area (Å²) in [6.45, 7) is 10.1. The lowest BCUT2D eigenvalue weighted by atomic mass is 9.77. The van der Waals surface area contributed by atoms with E-state index in [0.29, 0.717) is 19.4 Å². The SMILES string of the molecule is CC[C@H]1OC(=O)[C@H](C)[C@@H](OCc2ccccc2)C2O[C@@](C)(C[C@@H](C)[C@H](OCc3ccccc3)C=C=C=C1C)C2=O. The van der Waals surface area contributed by atoms with Crippen molar-refractivity contribution in [3.05, 3.63) is 94.9 Å². The zero-order chi connectivity index (χ0) is 28.7. The Morgan fingerprint density at radius 1 is 0.950 bits per heavy atom. The maximum atomic E-state index is 13.7. The molecule has 0 amide bonds. The smallest absolute Gasteiger partial charge is 0.312 e. The summed E-state index contributed by atoms with van der Waals surface area (Å²) < 4.78 is 24.7.